The minimum absolute atomic E-state index is 0.0574. The SMILES string of the molecule is CCOC(=O)c1c(C)c(C(=O)CN(CCCOC)C(=O)c2cccs2)c(C)n1CC. The summed E-state index contributed by atoms with van der Waals surface area (Å²) in [7, 11) is 1.60. The maximum Gasteiger partial charge on any atom is 0.355 e. The summed E-state index contributed by atoms with van der Waals surface area (Å²) in [6, 6.07) is 3.57. The molecule has 0 saturated carbocycles. The van der Waals surface area contributed by atoms with E-state index in [9.17, 15) is 14.4 Å². The van der Waals surface area contributed by atoms with E-state index in [4.69, 9.17) is 9.47 Å². The quantitative estimate of drug-likeness (QED) is 0.306. The minimum atomic E-state index is -0.439. The Hall–Kier alpha value is -2.45. The number of hydrogen-bond acceptors (Lipinski definition) is 6. The molecule has 2 aromatic rings. The Kier molecular flexibility index (Phi) is 8.80. The smallest absolute Gasteiger partial charge is 0.355 e. The van der Waals surface area contributed by atoms with Gasteiger partial charge in [0, 0.05) is 38.1 Å². The molecule has 0 aliphatic rings. The number of ether oxygens (including phenoxy) is 2. The van der Waals surface area contributed by atoms with E-state index in [0.717, 1.165) is 0 Å². The van der Waals surface area contributed by atoms with Gasteiger partial charge in [-0.1, -0.05) is 6.07 Å². The molecule has 7 nitrogen and oxygen atoms in total. The average Bonchev–Trinajstić information content (AvgIpc) is 3.33. The van der Waals surface area contributed by atoms with Crippen molar-refractivity contribution in [3.8, 4) is 0 Å². The number of thiophene rings is 1. The molecule has 0 atom stereocenters. The van der Waals surface area contributed by atoms with Crippen LogP contribution in [0.15, 0.2) is 17.5 Å². The van der Waals surface area contributed by atoms with Gasteiger partial charge in [0.25, 0.3) is 5.91 Å². The molecular weight excluding hydrogens is 404 g/mol. The molecule has 2 aromatic heterocycles. The summed E-state index contributed by atoms with van der Waals surface area (Å²) in [5.41, 5.74) is 2.19. The van der Waals surface area contributed by atoms with E-state index in [-0.39, 0.29) is 24.8 Å². The second-order valence-corrected chi connectivity index (χ2v) is 7.82. The van der Waals surface area contributed by atoms with Crippen LogP contribution < -0.4 is 0 Å². The number of carbonyl (C=O) groups excluding carboxylic acids is 3. The highest BCUT2D eigenvalue weighted by molar-refractivity contribution is 7.12. The van der Waals surface area contributed by atoms with Crippen LogP contribution in [0, 0.1) is 13.8 Å². The van der Waals surface area contributed by atoms with Gasteiger partial charge in [0.05, 0.1) is 18.0 Å². The molecule has 8 heteroatoms. The number of aromatic nitrogens is 1. The number of Topliss-reactive ketones (excluding diaryl/α,β-unsaturated/α-hetero) is 1. The Bertz CT molecular complexity index is 886. The van der Waals surface area contributed by atoms with Gasteiger partial charge >= 0.3 is 5.97 Å². The Morgan fingerprint density at radius 3 is 2.50 bits per heavy atom. The number of nitrogens with zero attached hydrogens (tertiary/aromatic N) is 2. The van der Waals surface area contributed by atoms with Crippen LogP contribution in [0.25, 0.3) is 0 Å². The molecule has 30 heavy (non-hydrogen) atoms. The zero-order valence-electron chi connectivity index (χ0n) is 18.3. The number of hydrogen-bond donors (Lipinski definition) is 0. The van der Waals surface area contributed by atoms with Crippen LogP contribution in [0.1, 0.15) is 62.0 Å². The zero-order chi connectivity index (χ0) is 22.3. The number of methoxy groups -OCH3 is 1. The predicted octanol–water partition coefficient (Wildman–Crippen LogP) is 3.72. The highest BCUT2D eigenvalue weighted by Crippen LogP contribution is 2.24. The van der Waals surface area contributed by atoms with Gasteiger partial charge in [0.15, 0.2) is 5.78 Å². The number of ketones is 1. The zero-order valence-corrected chi connectivity index (χ0v) is 19.1. The second-order valence-electron chi connectivity index (χ2n) is 6.87. The van der Waals surface area contributed by atoms with Gasteiger partial charge in [0.2, 0.25) is 0 Å². The summed E-state index contributed by atoms with van der Waals surface area (Å²) < 4.78 is 12.1. The van der Waals surface area contributed by atoms with Gasteiger partial charge < -0.3 is 18.9 Å². The monoisotopic (exact) mass is 434 g/mol. The van der Waals surface area contributed by atoms with Crippen molar-refractivity contribution < 1.29 is 23.9 Å². The third kappa shape index (κ3) is 5.17. The van der Waals surface area contributed by atoms with Crippen LogP contribution in [-0.2, 0) is 16.0 Å². The Labute approximate surface area is 181 Å². The van der Waals surface area contributed by atoms with Crippen molar-refractivity contribution in [2.45, 2.75) is 40.7 Å². The minimum Gasteiger partial charge on any atom is -0.461 e. The Balaban J connectivity index is 2.34. The summed E-state index contributed by atoms with van der Waals surface area (Å²) in [6.45, 7) is 8.90. The highest BCUT2D eigenvalue weighted by atomic mass is 32.1. The molecule has 2 rings (SSSR count). The van der Waals surface area contributed by atoms with E-state index in [0.29, 0.717) is 53.5 Å². The van der Waals surface area contributed by atoms with Crippen molar-refractivity contribution in [1.29, 1.82) is 0 Å². The molecule has 0 fully saturated rings. The standard InChI is InChI=1S/C22H30N2O5S/c1-6-24-16(4)19(15(3)20(24)22(27)29-7-2)17(25)14-23(11-9-12-28-5)21(26)18-10-8-13-30-18/h8,10,13H,6-7,9,11-12,14H2,1-5H3. The van der Waals surface area contributed by atoms with Crippen LogP contribution in [0.4, 0.5) is 0 Å². The van der Waals surface area contributed by atoms with E-state index in [1.54, 1.807) is 36.5 Å². The van der Waals surface area contributed by atoms with Crippen LogP contribution in [-0.4, -0.2) is 60.5 Å². The second kappa shape index (κ2) is 11.1. The van der Waals surface area contributed by atoms with Gasteiger partial charge in [-0.2, -0.15) is 0 Å². The van der Waals surface area contributed by atoms with Gasteiger partial charge in [-0.3, -0.25) is 9.59 Å². The van der Waals surface area contributed by atoms with Crippen LogP contribution >= 0.6 is 11.3 Å². The fourth-order valence-electron chi connectivity index (χ4n) is 3.62. The summed E-state index contributed by atoms with van der Waals surface area (Å²) in [5, 5.41) is 1.84. The van der Waals surface area contributed by atoms with Gasteiger partial charge in [-0.05, 0) is 51.1 Å². The molecule has 0 radical (unpaired) electrons. The first kappa shape index (κ1) is 23.8. The van der Waals surface area contributed by atoms with Crippen molar-refractivity contribution in [1.82, 2.24) is 9.47 Å². The van der Waals surface area contributed by atoms with Crippen LogP contribution in [0.2, 0.25) is 0 Å². The third-order valence-electron chi connectivity index (χ3n) is 4.96. The molecule has 0 spiro atoms. The fourth-order valence-corrected chi connectivity index (χ4v) is 4.32. The molecule has 0 saturated heterocycles. The van der Waals surface area contributed by atoms with Crippen molar-refractivity contribution in [3.63, 3.8) is 0 Å². The Morgan fingerprint density at radius 1 is 1.20 bits per heavy atom. The first-order valence-corrected chi connectivity index (χ1v) is 11.0. The topological polar surface area (TPSA) is 77.8 Å². The lowest BCUT2D eigenvalue weighted by atomic mass is 10.0. The Morgan fingerprint density at radius 2 is 1.93 bits per heavy atom. The molecule has 0 N–H and O–H groups in total. The largest absolute Gasteiger partial charge is 0.461 e. The van der Waals surface area contributed by atoms with Gasteiger partial charge in [-0.25, -0.2) is 4.79 Å². The number of esters is 1. The number of amides is 1. The van der Waals surface area contributed by atoms with Crippen LogP contribution in [0.3, 0.4) is 0 Å². The lowest BCUT2D eigenvalue weighted by Crippen LogP contribution is -2.37. The third-order valence-corrected chi connectivity index (χ3v) is 5.82. The summed E-state index contributed by atoms with van der Waals surface area (Å²) in [5.74, 6) is -0.805. The molecule has 0 aliphatic carbocycles. The molecule has 164 valence electrons. The van der Waals surface area contributed by atoms with Gasteiger partial charge in [0.1, 0.15) is 5.69 Å². The van der Waals surface area contributed by atoms with Crippen molar-refractivity contribution in [2.24, 2.45) is 0 Å². The summed E-state index contributed by atoms with van der Waals surface area (Å²) >= 11 is 1.35. The molecular formula is C22H30N2O5S. The van der Waals surface area contributed by atoms with E-state index < -0.39 is 5.97 Å². The lowest BCUT2D eigenvalue weighted by Gasteiger charge is -2.21. The first-order chi connectivity index (χ1) is 14.4. The molecule has 0 aliphatic heterocycles. The highest BCUT2D eigenvalue weighted by Gasteiger charge is 2.28. The average molecular weight is 435 g/mol. The van der Waals surface area contributed by atoms with Crippen molar-refractivity contribution >= 4 is 29.0 Å². The maximum absolute atomic E-state index is 13.3. The van der Waals surface area contributed by atoms with Crippen molar-refractivity contribution in [3.05, 3.63) is 44.9 Å². The predicted molar refractivity (Wildman–Crippen MR) is 117 cm³/mol. The van der Waals surface area contributed by atoms with E-state index in [1.165, 1.54) is 11.3 Å². The van der Waals surface area contributed by atoms with Gasteiger partial charge in [-0.15, -0.1) is 11.3 Å². The summed E-state index contributed by atoms with van der Waals surface area (Å²) in [4.78, 5) is 40.8. The molecule has 0 unspecified atom stereocenters. The van der Waals surface area contributed by atoms with E-state index >= 15 is 0 Å². The summed E-state index contributed by atoms with van der Waals surface area (Å²) in [6.07, 6.45) is 0.628. The molecule has 2 heterocycles. The number of rotatable bonds is 11. The fraction of sp³-hybridized carbons (Fsp3) is 0.500. The normalized spacial score (nSPS) is 10.8. The van der Waals surface area contributed by atoms with Crippen molar-refractivity contribution in [2.75, 3.05) is 33.4 Å². The number of carbonyl (C=O) groups is 3. The van der Waals surface area contributed by atoms with Crippen LogP contribution in [0.5, 0.6) is 0 Å². The maximum atomic E-state index is 13.3. The molecule has 1 amide bonds. The van der Waals surface area contributed by atoms with E-state index in [2.05, 4.69) is 0 Å². The lowest BCUT2D eigenvalue weighted by molar-refractivity contribution is 0.0512. The molecule has 0 bridgehead atoms. The first-order valence-electron chi connectivity index (χ1n) is 10.1. The molecule has 0 aromatic carbocycles. The van der Waals surface area contributed by atoms with E-state index in [1.807, 2.05) is 25.3 Å².